The summed E-state index contributed by atoms with van der Waals surface area (Å²) >= 11 is 3.35. The Morgan fingerprint density at radius 2 is 2.08 bits per heavy atom. The number of amides is 3. The van der Waals surface area contributed by atoms with Crippen molar-refractivity contribution in [1.29, 1.82) is 0 Å². The Hall–Kier alpha value is -1.61. The van der Waals surface area contributed by atoms with Crippen molar-refractivity contribution in [3.8, 4) is 0 Å². The molecule has 9 heteroatoms. The first kappa shape index (κ1) is 20.7. The Kier molecular flexibility index (Phi) is 7.05. The maximum atomic E-state index is 12.6. The second-order valence-electron chi connectivity index (χ2n) is 6.58. The van der Waals surface area contributed by atoms with Gasteiger partial charge in [0.15, 0.2) is 9.84 Å². The lowest BCUT2D eigenvalue weighted by molar-refractivity contribution is -0.119. The van der Waals surface area contributed by atoms with Crippen molar-refractivity contribution < 1.29 is 18.0 Å². The first-order chi connectivity index (χ1) is 12.2. The smallest absolute Gasteiger partial charge is 0.315 e. The van der Waals surface area contributed by atoms with Crippen LogP contribution in [0.2, 0.25) is 0 Å². The molecule has 2 rings (SSSR count). The van der Waals surface area contributed by atoms with Crippen molar-refractivity contribution in [3.63, 3.8) is 0 Å². The van der Waals surface area contributed by atoms with Crippen LogP contribution in [0.25, 0.3) is 0 Å². The third kappa shape index (κ3) is 5.98. The van der Waals surface area contributed by atoms with Crippen LogP contribution in [0.3, 0.4) is 0 Å². The molecule has 1 fully saturated rings. The van der Waals surface area contributed by atoms with Gasteiger partial charge in [-0.05, 0) is 30.5 Å². The summed E-state index contributed by atoms with van der Waals surface area (Å²) in [5.41, 5.74) is 0.627. The summed E-state index contributed by atoms with van der Waals surface area (Å²) in [6.07, 6.45) is 1.10. The highest BCUT2D eigenvalue weighted by Crippen LogP contribution is 2.17. The molecule has 1 aliphatic rings. The van der Waals surface area contributed by atoms with Crippen LogP contribution in [0, 0.1) is 5.92 Å². The van der Waals surface area contributed by atoms with E-state index in [-0.39, 0.29) is 23.3 Å². The van der Waals surface area contributed by atoms with Crippen molar-refractivity contribution in [2.24, 2.45) is 5.92 Å². The van der Waals surface area contributed by atoms with E-state index in [2.05, 4.69) is 31.9 Å². The van der Waals surface area contributed by atoms with Crippen molar-refractivity contribution >= 4 is 43.4 Å². The van der Waals surface area contributed by atoms with Crippen LogP contribution in [-0.2, 0) is 14.6 Å². The Morgan fingerprint density at radius 3 is 2.65 bits per heavy atom. The molecule has 1 aromatic carbocycles. The van der Waals surface area contributed by atoms with Gasteiger partial charge in [0.2, 0.25) is 5.91 Å². The molecule has 26 heavy (non-hydrogen) atoms. The molecule has 0 aliphatic carbocycles. The molecule has 1 heterocycles. The molecular formula is C17H24BrN3O4S. The molecule has 144 valence electrons. The number of hydrogen-bond acceptors (Lipinski definition) is 4. The van der Waals surface area contributed by atoms with Gasteiger partial charge in [-0.25, -0.2) is 13.2 Å². The lowest BCUT2D eigenvalue weighted by Gasteiger charge is -2.24. The number of carbonyl (C=O) groups excluding carboxylic acids is 2. The van der Waals surface area contributed by atoms with Gasteiger partial charge in [0.25, 0.3) is 0 Å². The molecule has 3 amide bonds. The molecule has 7 nitrogen and oxygen atoms in total. The minimum absolute atomic E-state index is 0.0569. The lowest BCUT2D eigenvalue weighted by Crippen LogP contribution is -2.53. The zero-order valence-corrected chi connectivity index (χ0v) is 17.2. The van der Waals surface area contributed by atoms with Crippen LogP contribution in [0.15, 0.2) is 28.7 Å². The SMILES string of the molecule is CC[C@H](C)[C@@H](NC(=O)NC1CCS(=O)(=O)C1)C(=O)Nc1cccc(Br)c1. The summed E-state index contributed by atoms with van der Waals surface area (Å²) in [7, 11) is -3.08. The lowest BCUT2D eigenvalue weighted by atomic mass is 9.98. The van der Waals surface area contributed by atoms with Gasteiger partial charge in [0.1, 0.15) is 6.04 Å². The van der Waals surface area contributed by atoms with Crippen LogP contribution in [0.5, 0.6) is 0 Å². The second kappa shape index (κ2) is 8.85. The summed E-state index contributed by atoms with van der Waals surface area (Å²) in [5, 5.41) is 8.15. The first-order valence-corrected chi connectivity index (χ1v) is 11.2. The van der Waals surface area contributed by atoms with E-state index >= 15 is 0 Å². The Balaban J connectivity index is 2.00. The highest BCUT2D eigenvalue weighted by molar-refractivity contribution is 9.10. The monoisotopic (exact) mass is 445 g/mol. The fourth-order valence-electron chi connectivity index (χ4n) is 2.77. The average molecular weight is 446 g/mol. The molecule has 0 spiro atoms. The van der Waals surface area contributed by atoms with Gasteiger partial charge in [0, 0.05) is 16.2 Å². The Labute approximate surface area is 162 Å². The number of halogens is 1. The van der Waals surface area contributed by atoms with Crippen molar-refractivity contribution in [2.75, 3.05) is 16.8 Å². The molecule has 0 saturated carbocycles. The number of rotatable bonds is 6. The van der Waals surface area contributed by atoms with Crippen molar-refractivity contribution in [3.05, 3.63) is 28.7 Å². The van der Waals surface area contributed by atoms with Crippen LogP contribution in [0.1, 0.15) is 26.7 Å². The van der Waals surface area contributed by atoms with Crippen molar-refractivity contribution in [2.45, 2.75) is 38.8 Å². The van der Waals surface area contributed by atoms with Gasteiger partial charge in [-0.1, -0.05) is 42.3 Å². The number of benzene rings is 1. The topological polar surface area (TPSA) is 104 Å². The summed E-state index contributed by atoms with van der Waals surface area (Å²) < 4.78 is 23.8. The molecule has 1 saturated heterocycles. The van der Waals surface area contributed by atoms with E-state index in [9.17, 15) is 18.0 Å². The maximum Gasteiger partial charge on any atom is 0.315 e. The van der Waals surface area contributed by atoms with Gasteiger partial charge in [-0.15, -0.1) is 0 Å². The van der Waals surface area contributed by atoms with Crippen molar-refractivity contribution in [1.82, 2.24) is 10.6 Å². The Morgan fingerprint density at radius 1 is 1.35 bits per heavy atom. The number of nitrogens with one attached hydrogen (secondary N) is 3. The molecule has 1 aromatic rings. The highest BCUT2D eigenvalue weighted by Gasteiger charge is 2.31. The van der Waals surface area contributed by atoms with E-state index in [1.165, 1.54) is 0 Å². The number of sulfone groups is 1. The molecule has 3 N–H and O–H groups in total. The number of hydrogen-bond donors (Lipinski definition) is 3. The van der Waals surface area contributed by atoms with Gasteiger partial charge in [-0.3, -0.25) is 4.79 Å². The van der Waals surface area contributed by atoms with E-state index in [4.69, 9.17) is 0 Å². The molecule has 3 atom stereocenters. The first-order valence-electron chi connectivity index (χ1n) is 8.54. The normalized spacial score (nSPS) is 20.8. The quantitative estimate of drug-likeness (QED) is 0.624. The zero-order valence-electron chi connectivity index (χ0n) is 14.8. The standard InChI is InChI=1S/C17H24BrN3O4S/c1-3-11(2)15(16(22)19-13-6-4-5-12(18)9-13)21-17(23)20-14-7-8-26(24,25)10-14/h4-6,9,11,14-15H,3,7-8,10H2,1-2H3,(H,19,22)(H2,20,21,23)/t11-,14?,15+/m0/s1. The van der Waals surface area contributed by atoms with Gasteiger partial charge in [-0.2, -0.15) is 0 Å². The van der Waals surface area contributed by atoms with E-state index in [1.807, 2.05) is 19.9 Å². The molecule has 0 radical (unpaired) electrons. The number of urea groups is 1. The predicted molar refractivity (Wildman–Crippen MR) is 105 cm³/mol. The van der Waals surface area contributed by atoms with E-state index in [0.29, 0.717) is 18.5 Å². The second-order valence-corrected chi connectivity index (χ2v) is 9.72. The maximum absolute atomic E-state index is 12.6. The molecule has 1 aliphatic heterocycles. The van der Waals surface area contributed by atoms with E-state index in [1.54, 1.807) is 18.2 Å². The van der Waals surface area contributed by atoms with E-state index < -0.39 is 28.0 Å². The van der Waals surface area contributed by atoms with Gasteiger partial charge >= 0.3 is 6.03 Å². The third-order valence-corrected chi connectivity index (χ3v) is 6.70. The Bertz CT molecular complexity index is 769. The molecule has 0 bridgehead atoms. The molecular weight excluding hydrogens is 422 g/mol. The van der Waals surface area contributed by atoms with Crippen LogP contribution >= 0.6 is 15.9 Å². The highest BCUT2D eigenvalue weighted by atomic mass is 79.9. The van der Waals surface area contributed by atoms with Gasteiger partial charge < -0.3 is 16.0 Å². The molecule has 1 unspecified atom stereocenters. The summed E-state index contributed by atoms with van der Waals surface area (Å²) in [4.78, 5) is 24.9. The van der Waals surface area contributed by atoms with Crippen LogP contribution < -0.4 is 16.0 Å². The summed E-state index contributed by atoms with van der Waals surface area (Å²) in [6.45, 7) is 3.82. The fraction of sp³-hybridized carbons (Fsp3) is 0.529. The van der Waals surface area contributed by atoms with Gasteiger partial charge in [0.05, 0.1) is 11.5 Å². The minimum Gasteiger partial charge on any atom is -0.334 e. The minimum atomic E-state index is -3.08. The average Bonchev–Trinajstić information content (AvgIpc) is 2.90. The van der Waals surface area contributed by atoms with Crippen LogP contribution in [0.4, 0.5) is 10.5 Å². The predicted octanol–water partition coefficient (Wildman–Crippen LogP) is 2.29. The largest absolute Gasteiger partial charge is 0.334 e. The fourth-order valence-corrected chi connectivity index (χ4v) is 4.84. The molecule has 0 aromatic heterocycles. The summed E-state index contributed by atoms with van der Waals surface area (Å²) in [6, 6.07) is 5.53. The van der Waals surface area contributed by atoms with Crippen LogP contribution in [-0.4, -0.2) is 43.9 Å². The number of anilines is 1. The summed E-state index contributed by atoms with van der Waals surface area (Å²) in [5.74, 6) is -0.374. The van der Waals surface area contributed by atoms with E-state index in [0.717, 1.165) is 4.47 Å². The zero-order chi connectivity index (χ0) is 19.3. The number of carbonyl (C=O) groups is 2. The third-order valence-electron chi connectivity index (χ3n) is 4.44.